The van der Waals surface area contributed by atoms with Crippen molar-refractivity contribution in [3.8, 4) is 27.8 Å². The molecule has 0 aliphatic carbocycles. The first-order valence-electron chi connectivity index (χ1n) is 8.39. The van der Waals surface area contributed by atoms with Crippen molar-refractivity contribution in [3.63, 3.8) is 0 Å². The van der Waals surface area contributed by atoms with Crippen LogP contribution in [0, 0.1) is 0 Å². The lowest BCUT2D eigenvalue weighted by molar-refractivity contribution is -0.132. The summed E-state index contributed by atoms with van der Waals surface area (Å²) in [6, 6.07) is 8.69. The number of hydrogen-bond donors (Lipinski definition) is 2. The maximum Gasteiger partial charge on any atom is 0.308 e. The van der Waals surface area contributed by atoms with E-state index in [0.29, 0.717) is 17.1 Å². The van der Waals surface area contributed by atoms with Crippen LogP contribution in [0.5, 0.6) is 17.2 Å². The second kappa shape index (κ2) is 9.02. The summed E-state index contributed by atoms with van der Waals surface area (Å²) in [5.41, 5.74) is 3.95. The van der Waals surface area contributed by atoms with Crippen molar-refractivity contribution in [3.05, 3.63) is 47.0 Å². The number of aromatic amines is 1. The topological polar surface area (TPSA) is 115 Å². The lowest BCUT2D eigenvalue weighted by atomic mass is 10.2. The van der Waals surface area contributed by atoms with E-state index in [9.17, 15) is 9.59 Å². The highest BCUT2D eigenvalue weighted by molar-refractivity contribution is 7.13. The summed E-state index contributed by atoms with van der Waals surface area (Å²) in [5.74, 6) is -0.214. The summed E-state index contributed by atoms with van der Waals surface area (Å²) < 4.78 is 15.6. The Hall–Kier alpha value is -3.66. The minimum Gasteiger partial charge on any atom is -0.493 e. The Morgan fingerprint density at radius 2 is 1.93 bits per heavy atom. The fourth-order valence-corrected chi connectivity index (χ4v) is 3.13. The van der Waals surface area contributed by atoms with E-state index in [2.05, 4.69) is 20.7 Å². The second-order valence-electron chi connectivity index (χ2n) is 5.69. The molecule has 3 rings (SSSR count). The Balaban J connectivity index is 1.72. The molecule has 0 radical (unpaired) electrons. The van der Waals surface area contributed by atoms with Crippen molar-refractivity contribution in [2.75, 3.05) is 14.2 Å². The van der Waals surface area contributed by atoms with Gasteiger partial charge in [-0.2, -0.15) is 10.2 Å². The summed E-state index contributed by atoms with van der Waals surface area (Å²) in [6.45, 7) is 1.28. The van der Waals surface area contributed by atoms with Gasteiger partial charge in [0, 0.05) is 12.5 Å². The highest BCUT2D eigenvalue weighted by Crippen LogP contribution is 2.38. The summed E-state index contributed by atoms with van der Waals surface area (Å²) in [7, 11) is 2.88. The molecular formula is C19H18N4O5S. The number of aromatic nitrogens is 2. The van der Waals surface area contributed by atoms with Crippen LogP contribution in [0.1, 0.15) is 23.0 Å². The maximum absolute atomic E-state index is 12.2. The number of hydrazone groups is 1. The van der Waals surface area contributed by atoms with Gasteiger partial charge in [0.25, 0.3) is 5.91 Å². The average Bonchev–Trinajstić information content (AvgIpc) is 3.39. The molecule has 10 heteroatoms. The van der Waals surface area contributed by atoms with Crippen LogP contribution in [0.4, 0.5) is 0 Å². The number of H-pyrrole nitrogens is 1. The van der Waals surface area contributed by atoms with E-state index in [1.807, 2.05) is 17.5 Å². The van der Waals surface area contributed by atoms with Gasteiger partial charge in [0.2, 0.25) is 5.75 Å². The molecule has 2 N–H and O–H groups in total. The lowest BCUT2D eigenvalue weighted by Crippen LogP contribution is -2.18. The molecule has 1 amide bonds. The van der Waals surface area contributed by atoms with Crippen molar-refractivity contribution in [1.29, 1.82) is 0 Å². The van der Waals surface area contributed by atoms with Crippen LogP contribution in [0.2, 0.25) is 0 Å². The first-order valence-corrected chi connectivity index (χ1v) is 9.27. The monoisotopic (exact) mass is 414 g/mol. The molecule has 0 aliphatic rings. The number of amides is 1. The van der Waals surface area contributed by atoms with Crippen LogP contribution >= 0.6 is 11.3 Å². The van der Waals surface area contributed by atoms with Crippen molar-refractivity contribution in [1.82, 2.24) is 15.6 Å². The lowest BCUT2D eigenvalue weighted by Gasteiger charge is -2.13. The van der Waals surface area contributed by atoms with E-state index in [1.54, 1.807) is 29.5 Å². The summed E-state index contributed by atoms with van der Waals surface area (Å²) >= 11 is 1.54. The third-order valence-electron chi connectivity index (χ3n) is 3.71. The predicted molar refractivity (Wildman–Crippen MR) is 108 cm³/mol. The number of carbonyl (C=O) groups excluding carboxylic acids is 2. The SMILES string of the molecule is COc1cc(/C=N\NC(=O)c2cc(-c3cccs3)[nH]n2)cc(OC)c1OC(C)=O. The van der Waals surface area contributed by atoms with E-state index in [0.717, 1.165) is 10.6 Å². The molecule has 0 atom stereocenters. The van der Waals surface area contributed by atoms with Gasteiger partial charge in [-0.15, -0.1) is 11.3 Å². The Morgan fingerprint density at radius 1 is 1.21 bits per heavy atom. The Labute approximate surface area is 170 Å². The van der Waals surface area contributed by atoms with Crippen LogP contribution in [0.25, 0.3) is 10.6 Å². The molecule has 0 unspecified atom stereocenters. The zero-order valence-electron chi connectivity index (χ0n) is 15.9. The molecular weight excluding hydrogens is 396 g/mol. The first-order chi connectivity index (χ1) is 14.0. The van der Waals surface area contributed by atoms with E-state index in [4.69, 9.17) is 14.2 Å². The Kier molecular flexibility index (Phi) is 6.25. The number of rotatable bonds is 7. The molecule has 1 aromatic carbocycles. The molecule has 2 heterocycles. The number of esters is 1. The van der Waals surface area contributed by atoms with Gasteiger partial charge in [0.1, 0.15) is 0 Å². The van der Waals surface area contributed by atoms with Crippen LogP contribution in [0.3, 0.4) is 0 Å². The van der Waals surface area contributed by atoms with Gasteiger partial charge >= 0.3 is 5.97 Å². The minimum absolute atomic E-state index is 0.168. The molecule has 0 bridgehead atoms. The van der Waals surface area contributed by atoms with Gasteiger partial charge in [0.05, 0.1) is 31.0 Å². The quantitative estimate of drug-likeness (QED) is 0.266. The minimum atomic E-state index is -0.504. The molecule has 9 nitrogen and oxygen atoms in total. The Morgan fingerprint density at radius 3 is 2.52 bits per heavy atom. The van der Waals surface area contributed by atoms with Crippen molar-refractivity contribution >= 4 is 29.4 Å². The van der Waals surface area contributed by atoms with Crippen LogP contribution < -0.4 is 19.6 Å². The number of carbonyl (C=O) groups is 2. The fraction of sp³-hybridized carbons (Fsp3) is 0.158. The zero-order valence-corrected chi connectivity index (χ0v) is 16.7. The number of ether oxygens (including phenoxy) is 3. The molecule has 0 fully saturated rings. The fourth-order valence-electron chi connectivity index (χ4n) is 2.44. The summed E-state index contributed by atoms with van der Waals surface area (Å²) in [4.78, 5) is 24.5. The molecule has 0 saturated heterocycles. The molecule has 0 saturated carbocycles. The molecule has 150 valence electrons. The van der Waals surface area contributed by atoms with Crippen LogP contribution in [-0.4, -0.2) is 42.5 Å². The Bertz CT molecular complexity index is 1020. The van der Waals surface area contributed by atoms with Gasteiger partial charge in [0.15, 0.2) is 17.2 Å². The first kappa shape index (κ1) is 20.1. The number of methoxy groups -OCH3 is 2. The molecule has 29 heavy (non-hydrogen) atoms. The van der Waals surface area contributed by atoms with E-state index in [1.165, 1.54) is 27.4 Å². The van der Waals surface area contributed by atoms with E-state index >= 15 is 0 Å². The number of hydrogen-bond acceptors (Lipinski definition) is 8. The number of nitrogens with one attached hydrogen (secondary N) is 2. The highest BCUT2D eigenvalue weighted by Gasteiger charge is 2.16. The number of benzene rings is 1. The second-order valence-corrected chi connectivity index (χ2v) is 6.64. The molecule has 2 aromatic heterocycles. The van der Waals surface area contributed by atoms with E-state index in [-0.39, 0.29) is 11.4 Å². The maximum atomic E-state index is 12.2. The molecule has 0 aliphatic heterocycles. The number of thiophene rings is 1. The van der Waals surface area contributed by atoms with Gasteiger partial charge in [-0.25, -0.2) is 5.43 Å². The predicted octanol–water partition coefficient (Wildman–Crippen LogP) is 2.84. The van der Waals surface area contributed by atoms with Crippen LogP contribution in [-0.2, 0) is 4.79 Å². The zero-order chi connectivity index (χ0) is 20.8. The molecule has 0 spiro atoms. The van der Waals surface area contributed by atoms with E-state index < -0.39 is 11.9 Å². The average molecular weight is 414 g/mol. The normalized spacial score (nSPS) is 10.7. The van der Waals surface area contributed by atoms with Crippen molar-refractivity contribution < 1.29 is 23.8 Å². The number of nitrogens with zero attached hydrogens (tertiary/aromatic N) is 2. The summed E-state index contributed by atoms with van der Waals surface area (Å²) in [6.07, 6.45) is 1.41. The standard InChI is InChI=1S/C19H18N4O5S/c1-11(24)28-18-15(26-2)7-12(8-16(18)27-3)10-20-23-19(25)14-9-13(21-22-14)17-5-4-6-29-17/h4-10H,1-3H3,(H,21,22)(H,23,25)/b20-10-. The van der Waals surface area contributed by atoms with Gasteiger partial charge in [-0.05, 0) is 29.6 Å². The van der Waals surface area contributed by atoms with Crippen molar-refractivity contribution in [2.45, 2.75) is 6.92 Å². The van der Waals surface area contributed by atoms with Crippen molar-refractivity contribution in [2.24, 2.45) is 5.10 Å². The summed E-state index contributed by atoms with van der Waals surface area (Å²) in [5, 5.41) is 12.7. The largest absolute Gasteiger partial charge is 0.493 e. The molecule has 3 aromatic rings. The van der Waals surface area contributed by atoms with Gasteiger partial charge in [-0.1, -0.05) is 6.07 Å². The smallest absolute Gasteiger partial charge is 0.308 e. The van der Waals surface area contributed by atoms with Gasteiger partial charge < -0.3 is 14.2 Å². The third-order valence-corrected chi connectivity index (χ3v) is 4.61. The highest BCUT2D eigenvalue weighted by atomic mass is 32.1. The van der Waals surface area contributed by atoms with Crippen LogP contribution in [0.15, 0.2) is 40.8 Å². The third kappa shape index (κ3) is 4.79. The van der Waals surface area contributed by atoms with Gasteiger partial charge in [-0.3, -0.25) is 14.7 Å².